The van der Waals surface area contributed by atoms with E-state index in [0.717, 1.165) is 5.56 Å². The number of cyclic esters (lactones) is 1. The molecule has 0 saturated carbocycles. The molecule has 4 aromatic rings. The average Bonchev–Trinajstić information content (AvgIpc) is 3.48. The summed E-state index contributed by atoms with van der Waals surface area (Å²) in [7, 11) is 3.00. The monoisotopic (exact) mass is 450 g/mol. The number of fused-ring (bicyclic) bond motifs is 2. The average molecular weight is 450 g/mol. The molecule has 3 aromatic heterocycles. The second-order valence-electron chi connectivity index (χ2n) is 7.96. The Morgan fingerprint density at radius 2 is 2.03 bits per heavy atom. The molecule has 1 saturated heterocycles. The van der Waals surface area contributed by atoms with E-state index in [2.05, 4.69) is 20.0 Å². The molecule has 11 heteroatoms. The van der Waals surface area contributed by atoms with Crippen LogP contribution in [-0.4, -0.2) is 48.7 Å². The molecule has 0 radical (unpaired) electrons. The Morgan fingerprint density at radius 3 is 2.76 bits per heavy atom. The summed E-state index contributed by atoms with van der Waals surface area (Å²) >= 11 is 0. The van der Waals surface area contributed by atoms with Crippen LogP contribution >= 0.6 is 0 Å². The summed E-state index contributed by atoms with van der Waals surface area (Å²) in [5, 5.41) is 2.46. The number of carbonyl (C=O) groups is 2. The fourth-order valence-electron chi connectivity index (χ4n) is 4.33. The number of methoxy groups -OCH3 is 1. The van der Waals surface area contributed by atoms with Gasteiger partial charge in [-0.05, 0) is 12.5 Å². The van der Waals surface area contributed by atoms with Crippen molar-refractivity contribution < 1.29 is 19.1 Å². The van der Waals surface area contributed by atoms with Crippen LogP contribution in [0.4, 0.5) is 4.79 Å². The van der Waals surface area contributed by atoms with E-state index in [1.54, 1.807) is 29.4 Å². The highest BCUT2D eigenvalue weighted by Crippen LogP contribution is 2.32. The highest BCUT2D eigenvalue weighted by molar-refractivity contribution is 5.83. The minimum atomic E-state index is -0.872. The van der Waals surface area contributed by atoms with Crippen molar-refractivity contribution in [2.45, 2.75) is 32.0 Å². The molecule has 1 aliphatic heterocycles. The Labute approximate surface area is 187 Å². The number of carbonyl (C=O) groups excluding carboxylic acids is 2. The quantitative estimate of drug-likeness (QED) is 0.467. The van der Waals surface area contributed by atoms with Crippen LogP contribution in [0, 0.1) is 6.92 Å². The van der Waals surface area contributed by atoms with E-state index in [1.165, 1.54) is 11.5 Å². The molecule has 2 atom stereocenters. The molecule has 0 aliphatic carbocycles. The molecule has 5 rings (SSSR count). The normalized spacial score (nSPS) is 18.1. The molecular weight excluding hydrogens is 428 g/mol. The van der Waals surface area contributed by atoms with Crippen molar-refractivity contribution in [3.8, 4) is 0 Å². The van der Waals surface area contributed by atoms with E-state index < -0.39 is 24.2 Å². The van der Waals surface area contributed by atoms with Gasteiger partial charge in [0.1, 0.15) is 12.1 Å². The Morgan fingerprint density at radius 1 is 1.27 bits per heavy atom. The first-order valence-electron chi connectivity index (χ1n) is 10.4. The van der Waals surface area contributed by atoms with Crippen LogP contribution in [0.15, 0.2) is 41.5 Å². The third-order valence-corrected chi connectivity index (χ3v) is 5.89. The number of aryl methyl sites for hydroxylation is 2. The number of hydrogen-bond acceptors (Lipinski definition) is 7. The predicted molar refractivity (Wildman–Crippen MR) is 117 cm³/mol. The maximum atomic E-state index is 13.7. The van der Waals surface area contributed by atoms with E-state index in [-0.39, 0.29) is 12.0 Å². The molecule has 33 heavy (non-hydrogen) atoms. The molecule has 11 nitrogen and oxygen atoms in total. The van der Waals surface area contributed by atoms with Crippen molar-refractivity contribution in [1.29, 1.82) is 0 Å². The van der Waals surface area contributed by atoms with Crippen LogP contribution in [0.5, 0.6) is 0 Å². The summed E-state index contributed by atoms with van der Waals surface area (Å²) in [5.41, 5.74) is 2.68. The second kappa shape index (κ2) is 7.76. The summed E-state index contributed by atoms with van der Waals surface area (Å²) in [6.45, 7) is 2.23. The molecule has 4 heterocycles. The van der Waals surface area contributed by atoms with Gasteiger partial charge in [-0.25, -0.2) is 24.0 Å². The number of ether oxygens (including phenoxy) is 2. The number of aromatic nitrogens is 5. The first-order chi connectivity index (χ1) is 15.9. The van der Waals surface area contributed by atoms with Gasteiger partial charge in [-0.1, -0.05) is 30.3 Å². The molecular formula is C22H22N6O5. The van der Waals surface area contributed by atoms with E-state index in [1.807, 2.05) is 30.3 Å². The van der Waals surface area contributed by atoms with Crippen molar-refractivity contribution in [2.24, 2.45) is 7.05 Å². The standard InChI is InChI=1S/C22H22N6O5/c1-12-16(15-9-14(20(30)33-15)25-22(31)32-3)28-19(29)17-18(26(2)21(28)24-12)23-11-27(17)10-13-7-5-4-6-8-13/h4-8,11,14-15H,9-10H2,1-3H3,(H,25,31)/t14-,15?/m0/s1. The van der Waals surface area contributed by atoms with Crippen molar-refractivity contribution in [2.75, 3.05) is 7.11 Å². The molecule has 1 fully saturated rings. The number of nitrogens with zero attached hydrogens (tertiary/aromatic N) is 5. The first kappa shape index (κ1) is 20.7. The summed E-state index contributed by atoms with van der Waals surface area (Å²) in [6.07, 6.45) is 0.324. The van der Waals surface area contributed by atoms with Gasteiger partial charge < -0.3 is 19.4 Å². The molecule has 1 aromatic carbocycles. The molecule has 1 amide bonds. The van der Waals surface area contributed by atoms with Gasteiger partial charge in [0, 0.05) is 20.0 Å². The van der Waals surface area contributed by atoms with Gasteiger partial charge >= 0.3 is 12.1 Å². The zero-order valence-electron chi connectivity index (χ0n) is 18.3. The van der Waals surface area contributed by atoms with Gasteiger partial charge in [0.2, 0.25) is 5.78 Å². The van der Waals surface area contributed by atoms with Crippen LogP contribution in [0.1, 0.15) is 29.5 Å². The van der Waals surface area contributed by atoms with Crippen molar-refractivity contribution >= 4 is 29.0 Å². The first-order valence-corrected chi connectivity index (χ1v) is 10.4. The van der Waals surface area contributed by atoms with Crippen molar-refractivity contribution in [1.82, 2.24) is 28.8 Å². The molecule has 0 spiro atoms. The lowest BCUT2D eigenvalue weighted by molar-refractivity contribution is -0.143. The fourth-order valence-corrected chi connectivity index (χ4v) is 4.33. The smallest absolute Gasteiger partial charge is 0.407 e. The SMILES string of the molecule is COC(=O)N[C@H]1CC(c2c(C)nc3n(C)c4ncn(Cc5ccccc5)c4c(=O)n23)OC1=O. The van der Waals surface area contributed by atoms with Crippen LogP contribution < -0.4 is 10.9 Å². The highest BCUT2D eigenvalue weighted by Gasteiger charge is 2.39. The Kier molecular flexibility index (Phi) is 4.88. The van der Waals surface area contributed by atoms with Crippen LogP contribution in [-0.2, 0) is 27.9 Å². The topological polar surface area (TPSA) is 122 Å². The van der Waals surface area contributed by atoms with Gasteiger partial charge in [0.15, 0.2) is 11.2 Å². The Hall–Kier alpha value is -4.15. The lowest BCUT2D eigenvalue weighted by atomic mass is 10.1. The fraction of sp³-hybridized carbons (Fsp3) is 0.318. The number of benzene rings is 1. The molecule has 1 N–H and O–H groups in total. The largest absolute Gasteiger partial charge is 0.454 e. The van der Waals surface area contributed by atoms with Crippen LogP contribution in [0.3, 0.4) is 0 Å². The summed E-state index contributed by atoms with van der Waals surface area (Å²) in [4.78, 5) is 46.6. The minimum Gasteiger partial charge on any atom is -0.454 e. The lowest BCUT2D eigenvalue weighted by Crippen LogP contribution is -2.37. The summed E-state index contributed by atoms with van der Waals surface area (Å²) in [5.74, 6) is -0.197. The lowest BCUT2D eigenvalue weighted by Gasteiger charge is -2.12. The number of alkyl carbamates (subject to hydrolysis) is 1. The van der Waals surface area contributed by atoms with E-state index in [9.17, 15) is 14.4 Å². The minimum absolute atomic E-state index is 0.160. The summed E-state index contributed by atoms with van der Waals surface area (Å²) < 4.78 is 15.1. The van der Waals surface area contributed by atoms with Gasteiger partial charge in [-0.2, -0.15) is 0 Å². The third kappa shape index (κ3) is 3.32. The molecule has 1 aliphatic rings. The maximum Gasteiger partial charge on any atom is 0.407 e. The zero-order valence-corrected chi connectivity index (χ0v) is 18.3. The van der Waals surface area contributed by atoms with Gasteiger partial charge in [0.05, 0.1) is 24.8 Å². The number of nitrogens with one attached hydrogen (secondary N) is 1. The number of esters is 1. The Balaban J connectivity index is 1.63. The predicted octanol–water partition coefficient (Wildman–Crippen LogP) is 1.45. The summed E-state index contributed by atoms with van der Waals surface area (Å²) in [6, 6.07) is 8.90. The molecule has 0 bridgehead atoms. The number of imidazole rings is 2. The van der Waals surface area contributed by atoms with Gasteiger partial charge in [0.25, 0.3) is 5.56 Å². The van der Waals surface area contributed by atoms with Crippen molar-refractivity contribution in [3.63, 3.8) is 0 Å². The highest BCUT2D eigenvalue weighted by atomic mass is 16.6. The third-order valence-electron chi connectivity index (χ3n) is 5.89. The zero-order chi connectivity index (χ0) is 23.3. The maximum absolute atomic E-state index is 13.7. The van der Waals surface area contributed by atoms with Crippen LogP contribution in [0.2, 0.25) is 0 Å². The van der Waals surface area contributed by atoms with Gasteiger partial charge in [-0.15, -0.1) is 0 Å². The number of rotatable bonds is 4. The van der Waals surface area contributed by atoms with E-state index in [0.29, 0.717) is 34.9 Å². The number of amides is 1. The van der Waals surface area contributed by atoms with Gasteiger partial charge in [-0.3, -0.25) is 9.36 Å². The molecule has 170 valence electrons. The van der Waals surface area contributed by atoms with Crippen molar-refractivity contribution in [3.05, 3.63) is 64.0 Å². The number of hydrogen-bond donors (Lipinski definition) is 1. The van der Waals surface area contributed by atoms with E-state index >= 15 is 0 Å². The van der Waals surface area contributed by atoms with Crippen LogP contribution in [0.25, 0.3) is 16.9 Å². The van der Waals surface area contributed by atoms with E-state index in [4.69, 9.17) is 4.74 Å². The second-order valence-corrected chi connectivity index (χ2v) is 7.96. The molecule has 1 unspecified atom stereocenters. The Bertz CT molecular complexity index is 1450.